The molecule has 7 nitrogen and oxygen atoms in total. The molecule has 2 saturated heterocycles. The predicted octanol–water partition coefficient (Wildman–Crippen LogP) is 2.72. The summed E-state index contributed by atoms with van der Waals surface area (Å²) in [5, 5.41) is 0.696. The van der Waals surface area contributed by atoms with Gasteiger partial charge < -0.3 is 14.7 Å². The molecule has 0 N–H and O–H groups in total. The first-order valence-electron chi connectivity index (χ1n) is 9.63. The van der Waals surface area contributed by atoms with Crippen LogP contribution in [0.15, 0.2) is 36.8 Å². The molecule has 2 aromatic rings. The van der Waals surface area contributed by atoms with Crippen molar-refractivity contribution in [1.29, 1.82) is 0 Å². The Bertz CT molecular complexity index is 893. The Hall–Kier alpha value is -2.54. The van der Waals surface area contributed by atoms with Gasteiger partial charge in [-0.25, -0.2) is 9.78 Å². The Kier molecular flexibility index (Phi) is 4.08. The summed E-state index contributed by atoms with van der Waals surface area (Å²) < 4.78 is 0. The minimum atomic E-state index is 0.0995. The van der Waals surface area contributed by atoms with Gasteiger partial charge in [-0.1, -0.05) is 11.6 Å². The third kappa shape index (κ3) is 2.85. The number of urea groups is 1. The van der Waals surface area contributed by atoms with Gasteiger partial charge in [0.2, 0.25) is 0 Å². The maximum atomic E-state index is 13.2. The van der Waals surface area contributed by atoms with Crippen LogP contribution >= 0.6 is 11.6 Å². The fourth-order valence-electron chi connectivity index (χ4n) is 4.59. The zero-order valence-electron chi connectivity index (χ0n) is 15.9. The summed E-state index contributed by atoms with van der Waals surface area (Å²) in [5.41, 5.74) is 2.18. The summed E-state index contributed by atoms with van der Waals surface area (Å²) in [5.74, 6) is 0.916. The molecular formula is C20H23ClN6O. The first-order valence-corrected chi connectivity index (χ1v) is 10.0. The number of fused-ring (bicyclic) bond motifs is 1. The van der Waals surface area contributed by atoms with Gasteiger partial charge in [-0.3, -0.25) is 9.88 Å². The third-order valence-corrected chi connectivity index (χ3v) is 6.23. The summed E-state index contributed by atoms with van der Waals surface area (Å²) in [7, 11) is 2.05. The molecule has 28 heavy (non-hydrogen) atoms. The van der Waals surface area contributed by atoms with E-state index in [2.05, 4.69) is 26.8 Å². The van der Waals surface area contributed by atoms with Crippen molar-refractivity contribution in [3.63, 3.8) is 0 Å². The number of carbonyl (C=O) groups is 1. The number of hydrogen-bond acceptors (Lipinski definition) is 5. The Morgan fingerprint density at radius 2 is 1.93 bits per heavy atom. The first kappa shape index (κ1) is 17.6. The lowest BCUT2D eigenvalue weighted by atomic mass is 9.73. The largest absolute Gasteiger partial charge is 0.373 e. The van der Waals surface area contributed by atoms with Crippen molar-refractivity contribution < 1.29 is 4.79 Å². The number of nitrogens with zero attached hydrogens (tertiary/aromatic N) is 6. The van der Waals surface area contributed by atoms with Crippen molar-refractivity contribution in [2.24, 2.45) is 5.41 Å². The van der Waals surface area contributed by atoms with E-state index in [0.29, 0.717) is 5.02 Å². The lowest BCUT2D eigenvalue weighted by molar-refractivity contribution is 0.00966. The summed E-state index contributed by atoms with van der Waals surface area (Å²) in [4.78, 5) is 30.0. The van der Waals surface area contributed by atoms with Crippen LogP contribution in [-0.4, -0.2) is 67.2 Å². The molecule has 0 bridgehead atoms. The van der Waals surface area contributed by atoms with Crippen LogP contribution in [0.3, 0.4) is 0 Å². The zero-order chi connectivity index (χ0) is 19.3. The van der Waals surface area contributed by atoms with Gasteiger partial charge in [0.05, 0.1) is 17.6 Å². The fourth-order valence-corrected chi connectivity index (χ4v) is 4.75. The summed E-state index contributed by atoms with van der Waals surface area (Å²) in [6, 6.07) is 5.88. The maximum Gasteiger partial charge on any atom is 0.324 e. The number of halogens is 1. The van der Waals surface area contributed by atoms with Gasteiger partial charge in [-0.2, -0.15) is 0 Å². The number of rotatable bonds is 1. The first-order chi connectivity index (χ1) is 13.5. The number of anilines is 3. The zero-order valence-corrected chi connectivity index (χ0v) is 16.6. The van der Waals surface area contributed by atoms with Crippen molar-refractivity contribution >= 4 is 34.8 Å². The van der Waals surface area contributed by atoms with Crippen LogP contribution in [0.4, 0.5) is 22.0 Å². The van der Waals surface area contributed by atoms with Crippen molar-refractivity contribution in [3.05, 3.63) is 41.8 Å². The van der Waals surface area contributed by atoms with Gasteiger partial charge in [0.25, 0.3) is 0 Å². The van der Waals surface area contributed by atoms with Crippen LogP contribution in [0.2, 0.25) is 5.02 Å². The molecule has 0 radical (unpaired) electrons. The van der Waals surface area contributed by atoms with Crippen LogP contribution in [-0.2, 0) is 0 Å². The van der Waals surface area contributed by atoms with Gasteiger partial charge in [0.1, 0.15) is 5.82 Å². The number of hydrogen-bond donors (Lipinski definition) is 0. The van der Waals surface area contributed by atoms with Gasteiger partial charge in [0, 0.05) is 69.1 Å². The van der Waals surface area contributed by atoms with Crippen LogP contribution in [0.25, 0.3) is 0 Å². The molecule has 0 unspecified atom stereocenters. The predicted molar refractivity (Wildman–Crippen MR) is 110 cm³/mol. The van der Waals surface area contributed by atoms with Gasteiger partial charge in [-0.05, 0) is 24.6 Å². The quantitative estimate of drug-likeness (QED) is 0.739. The molecular weight excluding hydrogens is 376 g/mol. The Morgan fingerprint density at radius 1 is 1.11 bits per heavy atom. The van der Waals surface area contributed by atoms with E-state index in [1.165, 1.54) is 0 Å². The van der Waals surface area contributed by atoms with Crippen LogP contribution in [0.1, 0.15) is 6.42 Å². The van der Waals surface area contributed by atoms with Crippen LogP contribution in [0.5, 0.6) is 0 Å². The highest BCUT2D eigenvalue weighted by atomic mass is 35.5. The molecule has 0 aliphatic carbocycles. The normalized spacial score (nSPS) is 20.4. The molecule has 0 saturated carbocycles. The molecule has 5 rings (SSSR count). The summed E-state index contributed by atoms with van der Waals surface area (Å²) in [6.45, 7) is 5.12. The number of likely N-dealkylation sites (tertiary alicyclic amines) is 1. The second kappa shape index (κ2) is 6.51. The molecule has 1 spiro atoms. The SMILES string of the molecule is CN1CCCN(C(=O)N2CC3(C2)CN(c2cnccn2)C3)c2ccc(Cl)cc21. The molecule has 3 aliphatic heterocycles. The van der Waals surface area contributed by atoms with Crippen molar-refractivity contribution in [3.8, 4) is 0 Å². The monoisotopic (exact) mass is 398 g/mol. The smallest absolute Gasteiger partial charge is 0.324 e. The van der Waals surface area contributed by atoms with Gasteiger partial charge >= 0.3 is 6.03 Å². The molecule has 1 aromatic carbocycles. The molecule has 0 atom stereocenters. The lowest BCUT2D eigenvalue weighted by Crippen LogP contribution is -2.74. The van der Waals surface area contributed by atoms with E-state index in [1.54, 1.807) is 18.6 Å². The second-order valence-corrected chi connectivity index (χ2v) is 8.55. The van der Waals surface area contributed by atoms with E-state index in [1.807, 2.05) is 28.0 Å². The number of amides is 2. The van der Waals surface area contributed by atoms with E-state index < -0.39 is 0 Å². The molecule has 2 amide bonds. The van der Waals surface area contributed by atoms with Crippen molar-refractivity contribution in [1.82, 2.24) is 14.9 Å². The van der Waals surface area contributed by atoms with Crippen molar-refractivity contribution in [2.45, 2.75) is 6.42 Å². The summed E-state index contributed by atoms with van der Waals surface area (Å²) >= 11 is 6.20. The Labute approximate surface area is 169 Å². The molecule has 8 heteroatoms. The van der Waals surface area contributed by atoms with Gasteiger partial charge in [0.15, 0.2) is 0 Å². The average Bonchev–Trinajstić information content (AvgIpc) is 2.79. The van der Waals surface area contributed by atoms with E-state index in [9.17, 15) is 4.79 Å². The van der Waals surface area contributed by atoms with Gasteiger partial charge in [-0.15, -0.1) is 0 Å². The summed E-state index contributed by atoms with van der Waals surface area (Å²) in [6.07, 6.45) is 6.14. The highest BCUT2D eigenvalue weighted by molar-refractivity contribution is 6.31. The maximum absolute atomic E-state index is 13.2. The Balaban J connectivity index is 1.27. The van der Waals surface area contributed by atoms with E-state index in [0.717, 1.165) is 62.9 Å². The molecule has 4 heterocycles. The fraction of sp³-hybridized carbons (Fsp3) is 0.450. The van der Waals surface area contributed by atoms with Crippen LogP contribution in [0, 0.1) is 5.41 Å². The molecule has 146 valence electrons. The molecule has 2 fully saturated rings. The highest BCUT2D eigenvalue weighted by Gasteiger charge is 2.54. The van der Waals surface area contributed by atoms with Crippen LogP contribution < -0.4 is 14.7 Å². The number of benzene rings is 1. The average molecular weight is 399 g/mol. The standard InChI is InChI=1S/C20H23ClN6O/c1-24-7-2-8-27(16-4-3-15(21)9-17(16)24)19(28)26-13-20(14-26)11-25(12-20)18-10-22-5-6-23-18/h3-6,9-10H,2,7-8,11-14H2,1H3. The van der Waals surface area contributed by atoms with E-state index in [-0.39, 0.29) is 11.4 Å². The lowest BCUT2D eigenvalue weighted by Gasteiger charge is -2.60. The molecule has 1 aromatic heterocycles. The number of aromatic nitrogens is 2. The Morgan fingerprint density at radius 3 is 2.68 bits per heavy atom. The van der Waals surface area contributed by atoms with E-state index in [4.69, 9.17) is 11.6 Å². The minimum Gasteiger partial charge on any atom is -0.373 e. The van der Waals surface area contributed by atoms with Crippen molar-refractivity contribution in [2.75, 3.05) is 61.0 Å². The highest BCUT2D eigenvalue weighted by Crippen LogP contribution is 2.42. The third-order valence-electron chi connectivity index (χ3n) is 5.99. The molecule has 3 aliphatic rings. The number of carbonyl (C=O) groups excluding carboxylic acids is 1. The second-order valence-electron chi connectivity index (χ2n) is 8.12. The topological polar surface area (TPSA) is 55.8 Å². The van der Waals surface area contributed by atoms with E-state index >= 15 is 0 Å². The minimum absolute atomic E-state index is 0.0995.